The molecule has 27 heavy (non-hydrogen) atoms. The summed E-state index contributed by atoms with van der Waals surface area (Å²) in [5.41, 5.74) is 1.61. The smallest absolute Gasteiger partial charge is 0.260 e. The van der Waals surface area contributed by atoms with Crippen molar-refractivity contribution in [2.75, 3.05) is 37.7 Å². The first-order valence-electron chi connectivity index (χ1n) is 9.11. The van der Waals surface area contributed by atoms with Crippen molar-refractivity contribution in [3.05, 3.63) is 59.9 Å². The van der Waals surface area contributed by atoms with Gasteiger partial charge in [-0.2, -0.15) is 0 Å². The van der Waals surface area contributed by atoms with Crippen molar-refractivity contribution in [1.82, 2.24) is 4.90 Å². The highest BCUT2D eigenvalue weighted by atomic mass is 19.1. The fourth-order valence-electron chi connectivity index (χ4n) is 3.04. The average Bonchev–Trinajstić information content (AvgIpc) is 2.72. The number of amides is 1. The lowest BCUT2D eigenvalue weighted by Gasteiger charge is -2.36. The second-order valence-electron chi connectivity index (χ2n) is 6.43. The molecule has 0 saturated carbocycles. The normalized spacial score (nSPS) is 14.1. The second kappa shape index (κ2) is 8.66. The number of benzene rings is 2. The van der Waals surface area contributed by atoms with E-state index in [1.807, 2.05) is 6.92 Å². The van der Waals surface area contributed by atoms with E-state index in [-0.39, 0.29) is 24.1 Å². The SMILES string of the molecule is CCC(=O)c1ccc(OCC(=O)N2CCN(c3ccc(F)cc3)CC2)cc1. The third-order valence-electron chi connectivity index (χ3n) is 4.68. The van der Waals surface area contributed by atoms with Crippen LogP contribution in [0, 0.1) is 5.82 Å². The third kappa shape index (κ3) is 4.84. The van der Waals surface area contributed by atoms with Crippen molar-refractivity contribution in [2.24, 2.45) is 0 Å². The summed E-state index contributed by atoms with van der Waals surface area (Å²) in [5.74, 6) is 0.330. The molecule has 5 nitrogen and oxygen atoms in total. The van der Waals surface area contributed by atoms with Gasteiger partial charge in [0.25, 0.3) is 5.91 Å². The van der Waals surface area contributed by atoms with E-state index in [4.69, 9.17) is 4.74 Å². The first-order chi connectivity index (χ1) is 13.1. The van der Waals surface area contributed by atoms with Crippen LogP contribution in [-0.4, -0.2) is 49.4 Å². The predicted molar refractivity (Wildman–Crippen MR) is 102 cm³/mol. The lowest BCUT2D eigenvalue weighted by molar-refractivity contribution is -0.133. The lowest BCUT2D eigenvalue weighted by Crippen LogP contribution is -2.50. The van der Waals surface area contributed by atoms with E-state index in [0.717, 1.165) is 5.69 Å². The van der Waals surface area contributed by atoms with Crippen LogP contribution >= 0.6 is 0 Å². The van der Waals surface area contributed by atoms with Crippen molar-refractivity contribution >= 4 is 17.4 Å². The molecule has 1 aliphatic heterocycles. The summed E-state index contributed by atoms with van der Waals surface area (Å²) in [6.07, 6.45) is 0.461. The highest BCUT2D eigenvalue weighted by Crippen LogP contribution is 2.17. The average molecular weight is 370 g/mol. The molecule has 1 fully saturated rings. The Labute approximate surface area is 158 Å². The summed E-state index contributed by atoms with van der Waals surface area (Å²) < 4.78 is 18.6. The zero-order valence-corrected chi connectivity index (χ0v) is 15.4. The van der Waals surface area contributed by atoms with Gasteiger partial charge in [-0.05, 0) is 48.5 Å². The number of carbonyl (C=O) groups excluding carboxylic acids is 2. The molecule has 1 saturated heterocycles. The van der Waals surface area contributed by atoms with Gasteiger partial charge in [-0.25, -0.2) is 4.39 Å². The summed E-state index contributed by atoms with van der Waals surface area (Å²) in [6, 6.07) is 13.2. The predicted octanol–water partition coefficient (Wildman–Crippen LogP) is 3.15. The largest absolute Gasteiger partial charge is 0.484 e. The number of hydrogen-bond acceptors (Lipinski definition) is 4. The Hall–Kier alpha value is -2.89. The van der Waals surface area contributed by atoms with E-state index < -0.39 is 0 Å². The van der Waals surface area contributed by atoms with Crippen LogP contribution in [0.3, 0.4) is 0 Å². The molecular weight excluding hydrogens is 347 g/mol. The van der Waals surface area contributed by atoms with Crippen LogP contribution in [-0.2, 0) is 4.79 Å². The maximum Gasteiger partial charge on any atom is 0.260 e. The Balaban J connectivity index is 1.47. The molecule has 2 aromatic rings. The molecule has 1 heterocycles. The van der Waals surface area contributed by atoms with Crippen LogP contribution in [0.5, 0.6) is 5.75 Å². The Bertz CT molecular complexity index is 782. The molecule has 3 rings (SSSR count). The standard InChI is InChI=1S/C21H23FN2O3/c1-2-20(25)16-3-9-19(10-4-16)27-15-21(26)24-13-11-23(12-14-24)18-7-5-17(22)6-8-18/h3-10H,2,11-15H2,1H3. The van der Waals surface area contributed by atoms with Gasteiger partial charge in [0.05, 0.1) is 0 Å². The molecule has 0 aromatic heterocycles. The number of ketones is 1. The highest BCUT2D eigenvalue weighted by molar-refractivity contribution is 5.95. The van der Waals surface area contributed by atoms with Gasteiger partial charge in [-0.3, -0.25) is 9.59 Å². The van der Waals surface area contributed by atoms with Gasteiger partial charge in [0.15, 0.2) is 12.4 Å². The van der Waals surface area contributed by atoms with Gasteiger partial charge < -0.3 is 14.5 Å². The summed E-state index contributed by atoms with van der Waals surface area (Å²) in [7, 11) is 0. The molecule has 2 aromatic carbocycles. The zero-order chi connectivity index (χ0) is 19.2. The quantitative estimate of drug-likeness (QED) is 0.733. The molecule has 0 aliphatic carbocycles. The molecule has 1 aliphatic rings. The van der Waals surface area contributed by atoms with Crippen LogP contribution in [0.25, 0.3) is 0 Å². The number of piperazine rings is 1. The van der Waals surface area contributed by atoms with Crippen LogP contribution in [0.1, 0.15) is 23.7 Å². The van der Waals surface area contributed by atoms with E-state index in [9.17, 15) is 14.0 Å². The number of ether oxygens (including phenoxy) is 1. The van der Waals surface area contributed by atoms with Crippen LogP contribution in [0.2, 0.25) is 0 Å². The van der Waals surface area contributed by atoms with E-state index in [2.05, 4.69) is 4.90 Å². The van der Waals surface area contributed by atoms with Crippen LogP contribution in [0.4, 0.5) is 10.1 Å². The molecule has 0 unspecified atom stereocenters. The Morgan fingerprint density at radius 1 is 0.963 bits per heavy atom. The van der Waals surface area contributed by atoms with Crippen molar-refractivity contribution in [3.8, 4) is 5.75 Å². The number of rotatable bonds is 6. The Morgan fingerprint density at radius 2 is 1.59 bits per heavy atom. The first-order valence-corrected chi connectivity index (χ1v) is 9.11. The highest BCUT2D eigenvalue weighted by Gasteiger charge is 2.21. The van der Waals surface area contributed by atoms with E-state index >= 15 is 0 Å². The number of nitrogens with zero attached hydrogens (tertiary/aromatic N) is 2. The van der Waals surface area contributed by atoms with Gasteiger partial charge in [0.2, 0.25) is 0 Å². The maximum atomic E-state index is 13.0. The number of halogens is 1. The van der Waals surface area contributed by atoms with Crippen molar-refractivity contribution in [2.45, 2.75) is 13.3 Å². The van der Waals surface area contributed by atoms with E-state index in [1.165, 1.54) is 12.1 Å². The number of hydrogen-bond donors (Lipinski definition) is 0. The minimum Gasteiger partial charge on any atom is -0.484 e. The number of Topliss-reactive ketones (excluding diaryl/α,β-unsaturated/α-hetero) is 1. The summed E-state index contributed by atoms with van der Waals surface area (Å²) >= 11 is 0. The summed E-state index contributed by atoms with van der Waals surface area (Å²) in [6.45, 7) is 4.39. The molecule has 1 amide bonds. The molecule has 0 spiro atoms. The van der Waals surface area contributed by atoms with Crippen molar-refractivity contribution < 1.29 is 18.7 Å². The second-order valence-corrected chi connectivity index (χ2v) is 6.43. The van der Waals surface area contributed by atoms with Crippen molar-refractivity contribution in [3.63, 3.8) is 0 Å². The lowest BCUT2D eigenvalue weighted by atomic mass is 10.1. The molecule has 0 N–H and O–H groups in total. The monoisotopic (exact) mass is 370 g/mol. The van der Waals surface area contributed by atoms with Gasteiger partial charge in [-0.15, -0.1) is 0 Å². The fourth-order valence-corrected chi connectivity index (χ4v) is 3.04. The molecule has 0 atom stereocenters. The molecule has 142 valence electrons. The molecular formula is C21H23FN2O3. The molecule has 6 heteroatoms. The molecule has 0 radical (unpaired) electrons. The zero-order valence-electron chi connectivity index (χ0n) is 15.4. The third-order valence-corrected chi connectivity index (χ3v) is 4.68. The van der Waals surface area contributed by atoms with Gasteiger partial charge in [-0.1, -0.05) is 6.92 Å². The maximum absolute atomic E-state index is 13.0. The topological polar surface area (TPSA) is 49.9 Å². The number of anilines is 1. The summed E-state index contributed by atoms with van der Waals surface area (Å²) in [4.78, 5) is 27.9. The number of carbonyl (C=O) groups is 2. The van der Waals surface area contributed by atoms with Crippen LogP contribution < -0.4 is 9.64 Å². The summed E-state index contributed by atoms with van der Waals surface area (Å²) in [5, 5.41) is 0. The van der Waals surface area contributed by atoms with Crippen molar-refractivity contribution in [1.29, 1.82) is 0 Å². The molecule has 0 bridgehead atoms. The van der Waals surface area contributed by atoms with Gasteiger partial charge in [0.1, 0.15) is 11.6 Å². The first kappa shape index (κ1) is 18.9. The van der Waals surface area contributed by atoms with Crippen LogP contribution in [0.15, 0.2) is 48.5 Å². The minimum absolute atomic E-state index is 0.0301. The Kier molecular flexibility index (Phi) is 6.06. The minimum atomic E-state index is -0.253. The van der Waals surface area contributed by atoms with E-state index in [0.29, 0.717) is 43.9 Å². The fraction of sp³-hybridized carbons (Fsp3) is 0.333. The van der Waals surface area contributed by atoms with Gasteiger partial charge >= 0.3 is 0 Å². The van der Waals surface area contributed by atoms with E-state index in [1.54, 1.807) is 41.3 Å². The Morgan fingerprint density at radius 3 is 2.19 bits per heavy atom. The van der Waals surface area contributed by atoms with Gasteiger partial charge in [0, 0.05) is 43.9 Å².